The second-order valence-electron chi connectivity index (χ2n) is 13.8. The number of fused-ring (bicyclic) bond motifs is 4. The number of Topliss-reactive ketones (excluding diaryl/α,β-unsaturated/α-hetero) is 1. The summed E-state index contributed by atoms with van der Waals surface area (Å²) in [7, 11) is 0. The summed E-state index contributed by atoms with van der Waals surface area (Å²) in [4.78, 5) is 25.4. The molecular formula is C31H48O3. The number of hydrogen-bond donors (Lipinski definition) is 1. The summed E-state index contributed by atoms with van der Waals surface area (Å²) in [6.45, 7) is 20.2. The van der Waals surface area contributed by atoms with E-state index in [-0.39, 0.29) is 33.5 Å². The Kier molecular flexibility index (Phi) is 6.31. The Balaban J connectivity index is 1.68. The molecule has 2 saturated carbocycles. The third kappa shape index (κ3) is 3.50. The molecule has 0 radical (unpaired) electrons. The number of aliphatic carboxylic acids is 1. The first-order valence-corrected chi connectivity index (χ1v) is 13.9. The van der Waals surface area contributed by atoms with Gasteiger partial charge in [0.1, 0.15) is 5.78 Å². The number of carbonyl (C=O) groups excluding carboxylic acids is 1. The number of carbonyl (C=O) groups is 2. The van der Waals surface area contributed by atoms with Gasteiger partial charge in [0.25, 0.3) is 0 Å². The van der Waals surface area contributed by atoms with Gasteiger partial charge in [-0.3, -0.25) is 9.59 Å². The smallest absolute Gasteiger partial charge is 0.306 e. The van der Waals surface area contributed by atoms with Crippen molar-refractivity contribution >= 4 is 11.8 Å². The summed E-state index contributed by atoms with van der Waals surface area (Å²) in [6, 6.07) is 0. The predicted octanol–water partition coefficient (Wildman–Crippen LogP) is 8.00. The summed E-state index contributed by atoms with van der Waals surface area (Å²) in [5, 5.41) is 10.3. The molecule has 4 rings (SSSR count). The number of hydrogen-bond acceptors (Lipinski definition) is 2. The van der Waals surface area contributed by atoms with Crippen molar-refractivity contribution in [1.29, 1.82) is 0 Å². The quantitative estimate of drug-likeness (QED) is 0.402. The summed E-state index contributed by atoms with van der Waals surface area (Å²) in [5.41, 5.74) is 4.47. The van der Waals surface area contributed by atoms with Crippen molar-refractivity contribution < 1.29 is 14.7 Å². The second-order valence-corrected chi connectivity index (χ2v) is 13.8. The zero-order chi connectivity index (χ0) is 25.3. The first-order valence-electron chi connectivity index (χ1n) is 13.9. The molecule has 4 aliphatic carbocycles. The average Bonchev–Trinajstić information content (AvgIpc) is 3.02. The van der Waals surface area contributed by atoms with Gasteiger partial charge >= 0.3 is 5.97 Å². The average molecular weight is 469 g/mol. The monoisotopic (exact) mass is 468 g/mol. The van der Waals surface area contributed by atoms with Crippen LogP contribution in [0.4, 0.5) is 0 Å². The highest BCUT2D eigenvalue weighted by Gasteiger charge is 2.64. The fourth-order valence-corrected chi connectivity index (χ4v) is 9.30. The van der Waals surface area contributed by atoms with Crippen LogP contribution in [0.3, 0.4) is 0 Å². The summed E-state index contributed by atoms with van der Waals surface area (Å²) >= 11 is 0. The Morgan fingerprint density at radius 2 is 1.68 bits per heavy atom. The molecule has 2 fully saturated rings. The molecule has 0 amide bonds. The molecule has 0 aliphatic heterocycles. The van der Waals surface area contributed by atoms with Crippen LogP contribution in [0.5, 0.6) is 0 Å². The maximum atomic E-state index is 12.8. The lowest BCUT2D eigenvalue weighted by molar-refractivity contribution is -0.146. The summed E-state index contributed by atoms with van der Waals surface area (Å²) in [5.74, 6) is 0.596. The van der Waals surface area contributed by atoms with E-state index >= 15 is 0 Å². The van der Waals surface area contributed by atoms with Gasteiger partial charge in [0, 0.05) is 11.8 Å². The van der Waals surface area contributed by atoms with Gasteiger partial charge in [-0.1, -0.05) is 71.8 Å². The molecular weight excluding hydrogens is 420 g/mol. The van der Waals surface area contributed by atoms with E-state index in [0.717, 1.165) is 51.4 Å². The minimum absolute atomic E-state index is 0.0251. The van der Waals surface area contributed by atoms with Gasteiger partial charge in [0.15, 0.2) is 0 Å². The van der Waals surface area contributed by atoms with Crippen LogP contribution in [0.15, 0.2) is 23.3 Å². The Hall–Kier alpha value is -1.38. The van der Waals surface area contributed by atoms with Gasteiger partial charge in [-0.25, -0.2) is 0 Å². The van der Waals surface area contributed by atoms with E-state index in [0.29, 0.717) is 30.5 Å². The number of rotatable bonds is 6. The third-order valence-electron chi connectivity index (χ3n) is 12.0. The first kappa shape index (κ1) is 25.7. The minimum atomic E-state index is -0.616. The molecule has 0 aromatic rings. The van der Waals surface area contributed by atoms with Crippen LogP contribution in [0, 0.1) is 45.3 Å². The topological polar surface area (TPSA) is 54.4 Å². The van der Waals surface area contributed by atoms with Gasteiger partial charge in [-0.05, 0) is 91.8 Å². The van der Waals surface area contributed by atoms with E-state index in [4.69, 9.17) is 0 Å². The van der Waals surface area contributed by atoms with Crippen LogP contribution in [0.25, 0.3) is 0 Å². The van der Waals surface area contributed by atoms with E-state index in [1.54, 1.807) is 11.1 Å². The molecule has 0 aromatic carbocycles. The van der Waals surface area contributed by atoms with Crippen LogP contribution in [0.1, 0.15) is 113 Å². The molecule has 0 aromatic heterocycles. The highest BCUT2D eigenvalue weighted by atomic mass is 16.4. The van der Waals surface area contributed by atoms with Gasteiger partial charge in [0.2, 0.25) is 0 Å². The highest BCUT2D eigenvalue weighted by Crippen LogP contribution is 2.72. The lowest BCUT2D eigenvalue weighted by atomic mass is 9.43. The summed E-state index contributed by atoms with van der Waals surface area (Å²) in [6.07, 6.45) is 9.69. The van der Waals surface area contributed by atoms with E-state index in [1.807, 2.05) is 0 Å². The SMILES string of the molecule is C=C(CC[C@@H](C(=O)O)[C@H]1CC[C@@]2(C)C3=C(CC[C@]12C)[C@@]1(C)CCC(=O)C(C)(C)[C@H]1CC3)C(C)C. The van der Waals surface area contributed by atoms with Crippen LogP contribution < -0.4 is 0 Å². The van der Waals surface area contributed by atoms with Crippen LogP contribution in [0.2, 0.25) is 0 Å². The molecule has 0 unspecified atom stereocenters. The molecule has 3 nitrogen and oxygen atoms in total. The van der Waals surface area contributed by atoms with Gasteiger partial charge in [-0.15, -0.1) is 0 Å². The van der Waals surface area contributed by atoms with Crippen LogP contribution in [-0.2, 0) is 9.59 Å². The van der Waals surface area contributed by atoms with Crippen molar-refractivity contribution in [3.63, 3.8) is 0 Å². The molecule has 0 spiro atoms. The fourth-order valence-electron chi connectivity index (χ4n) is 9.30. The van der Waals surface area contributed by atoms with Crippen LogP contribution in [-0.4, -0.2) is 16.9 Å². The fraction of sp³-hybridized carbons (Fsp3) is 0.806. The Labute approximate surface area is 207 Å². The van der Waals surface area contributed by atoms with E-state index in [9.17, 15) is 14.7 Å². The van der Waals surface area contributed by atoms with Gasteiger partial charge < -0.3 is 5.11 Å². The Morgan fingerprint density at radius 1 is 1.00 bits per heavy atom. The number of allylic oxidation sites excluding steroid dienone is 3. The summed E-state index contributed by atoms with van der Waals surface area (Å²) < 4.78 is 0. The largest absolute Gasteiger partial charge is 0.481 e. The first-order chi connectivity index (χ1) is 15.7. The lowest BCUT2D eigenvalue weighted by Crippen LogP contribution is -2.54. The highest BCUT2D eigenvalue weighted by molar-refractivity contribution is 5.85. The Morgan fingerprint density at radius 3 is 2.29 bits per heavy atom. The van der Waals surface area contributed by atoms with Crippen molar-refractivity contribution in [1.82, 2.24) is 0 Å². The van der Waals surface area contributed by atoms with E-state index in [2.05, 4.69) is 55.0 Å². The molecule has 1 N–H and O–H groups in total. The molecule has 0 saturated heterocycles. The maximum Gasteiger partial charge on any atom is 0.306 e. The van der Waals surface area contributed by atoms with Gasteiger partial charge in [0.05, 0.1) is 5.92 Å². The van der Waals surface area contributed by atoms with Crippen molar-refractivity contribution in [2.75, 3.05) is 0 Å². The van der Waals surface area contributed by atoms with E-state index < -0.39 is 5.97 Å². The van der Waals surface area contributed by atoms with Crippen molar-refractivity contribution in [2.24, 2.45) is 45.3 Å². The van der Waals surface area contributed by atoms with Gasteiger partial charge in [-0.2, -0.15) is 0 Å². The molecule has 3 heteroatoms. The van der Waals surface area contributed by atoms with Crippen LogP contribution >= 0.6 is 0 Å². The zero-order valence-electron chi connectivity index (χ0n) is 22.9. The van der Waals surface area contributed by atoms with Crippen molar-refractivity contribution in [3.8, 4) is 0 Å². The number of ketones is 1. The predicted molar refractivity (Wildman–Crippen MR) is 138 cm³/mol. The minimum Gasteiger partial charge on any atom is -0.481 e. The Bertz CT molecular complexity index is 923. The molecule has 0 heterocycles. The second kappa shape index (κ2) is 8.34. The van der Waals surface area contributed by atoms with E-state index in [1.165, 1.54) is 5.57 Å². The number of carboxylic acids is 1. The van der Waals surface area contributed by atoms with Crippen molar-refractivity contribution in [3.05, 3.63) is 23.3 Å². The molecule has 6 atom stereocenters. The van der Waals surface area contributed by atoms with Crippen molar-refractivity contribution in [2.45, 2.75) is 113 Å². The molecule has 4 aliphatic rings. The standard InChI is InChI=1S/C31H48O3/c1-19(2)20(3)9-10-21(27(33)34)22-13-17-31(8)24-11-12-25-28(4,5)26(32)15-16-29(25,6)23(24)14-18-30(22,31)7/h19,21-22,25H,3,9-18H2,1-2,4-8H3,(H,33,34)/t21-,22-,25-,29-,30-,31+/m1/s1. The normalized spacial score (nSPS) is 39.9. The maximum absolute atomic E-state index is 12.8. The zero-order valence-corrected chi connectivity index (χ0v) is 22.9. The molecule has 34 heavy (non-hydrogen) atoms. The lowest BCUT2D eigenvalue weighted by Gasteiger charge is -2.60. The number of carboxylic acid groups (broad SMARTS) is 1. The third-order valence-corrected chi connectivity index (χ3v) is 12.0. The molecule has 0 bridgehead atoms. The molecule has 190 valence electrons.